The molecule has 3 unspecified atom stereocenters. The predicted molar refractivity (Wildman–Crippen MR) is 132 cm³/mol. The van der Waals surface area contributed by atoms with E-state index in [-0.39, 0.29) is 29.8 Å². The molecule has 1 aromatic rings. The summed E-state index contributed by atoms with van der Waals surface area (Å²) in [5, 5.41) is 6.25. The van der Waals surface area contributed by atoms with Crippen molar-refractivity contribution in [3.63, 3.8) is 0 Å². The average Bonchev–Trinajstić information content (AvgIpc) is 3.44. The molecule has 3 amide bonds. The highest BCUT2D eigenvalue weighted by atomic mass is 16.5. The highest BCUT2D eigenvalue weighted by molar-refractivity contribution is 6.03. The van der Waals surface area contributed by atoms with Gasteiger partial charge in [0.1, 0.15) is 11.6 Å². The van der Waals surface area contributed by atoms with Crippen molar-refractivity contribution in [2.75, 3.05) is 5.32 Å². The number of anilines is 1. The van der Waals surface area contributed by atoms with E-state index in [1.165, 1.54) is 12.0 Å². The van der Waals surface area contributed by atoms with Crippen LogP contribution in [0.15, 0.2) is 36.4 Å². The number of carbonyl (C=O) groups is 3. The molecule has 0 aromatic heterocycles. The van der Waals surface area contributed by atoms with E-state index in [1.54, 1.807) is 4.90 Å². The minimum absolute atomic E-state index is 0.0629. The van der Waals surface area contributed by atoms with Gasteiger partial charge in [-0.25, -0.2) is 0 Å². The highest BCUT2D eigenvalue weighted by Gasteiger charge is 2.74. The Morgan fingerprint density at radius 2 is 1.74 bits per heavy atom. The molecule has 2 bridgehead atoms. The summed E-state index contributed by atoms with van der Waals surface area (Å²) >= 11 is 0. The van der Waals surface area contributed by atoms with Crippen molar-refractivity contribution in [1.29, 1.82) is 0 Å². The largest absolute Gasteiger partial charge is 0.359 e. The van der Waals surface area contributed by atoms with Crippen LogP contribution in [0, 0.1) is 11.8 Å². The number of hydrogen-bond donors (Lipinski definition) is 2. The summed E-state index contributed by atoms with van der Waals surface area (Å²) in [5.74, 6) is -1.37. The molecule has 5 atom stereocenters. The number of nitrogens with zero attached hydrogens (tertiary/aromatic N) is 1. The summed E-state index contributed by atoms with van der Waals surface area (Å²) in [4.78, 5) is 42.7. The van der Waals surface area contributed by atoms with E-state index in [0.717, 1.165) is 38.5 Å². The lowest BCUT2D eigenvalue weighted by Gasteiger charge is -2.34. The molecule has 3 heterocycles. The van der Waals surface area contributed by atoms with Gasteiger partial charge in [0, 0.05) is 17.8 Å². The van der Waals surface area contributed by atoms with Gasteiger partial charge in [-0.15, -0.1) is 0 Å². The van der Waals surface area contributed by atoms with Gasteiger partial charge < -0.3 is 20.3 Å². The second-order valence-corrected chi connectivity index (χ2v) is 11.3. The number of benzene rings is 1. The zero-order valence-corrected chi connectivity index (χ0v) is 20.5. The molecule has 2 saturated carbocycles. The number of nitrogens with one attached hydrogen (secondary N) is 2. The average molecular weight is 478 g/mol. The van der Waals surface area contributed by atoms with Crippen LogP contribution in [0.4, 0.5) is 5.69 Å². The van der Waals surface area contributed by atoms with Crippen molar-refractivity contribution in [2.45, 2.75) is 94.5 Å². The molecule has 3 aliphatic heterocycles. The topological polar surface area (TPSA) is 87.7 Å². The molecule has 7 nitrogen and oxygen atoms in total. The van der Waals surface area contributed by atoms with Crippen molar-refractivity contribution >= 4 is 23.4 Å². The third kappa shape index (κ3) is 3.70. The van der Waals surface area contributed by atoms with Gasteiger partial charge >= 0.3 is 0 Å². The normalized spacial score (nSPS) is 33.9. The van der Waals surface area contributed by atoms with Gasteiger partial charge in [-0.05, 0) is 49.3 Å². The van der Waals surface area contributed by atoms with Crippen LogP contribution in [-0.2, 0) is 19.1 Å². The Bertz CT molecular complexity index is 1060. The Hall–Kier alpha value is -2.67. The fourth-order valence-corrected chi connectivity index (χ4v) is 6.66. The molecule has 4 fully saturated rings. The summed E-state index contributed by atoms with van der Waals surface area (Å²) in [6, 6.07) is 7.34. The number of carbonyl (C=O) groups excluding carboxylic acids is 3. The van der Waals surface area contributed by atoms with Gasteiger partial charge in [-0.1, -0.05) is 57.4 Å². The number of hydrogen-bond acceptors (Lipinski definition) is 4. The Balaban J connectivity index is 1.26. The molecule has 7 heteroatoms. The molecule has 2 saturated heterocycles. The van der Waals surface area contributed by atoms with Crippen molar-refractivity contribution in [3.05, 3.63) is 42.0 Å². The summed E-state index contributed by atoms with van der Waals surface area (Å²) in [7, 11) is 0. The van der Waals surface area contributed by atoms with E-state index < -0.39 is 29.6 Å². The monoisotopic (exact) mass is 477 g/mol. The first kappa shape index (κ1) is 22.8. The fraction of sp³-hybridized carbons (Fsp3) is 0.607. The first-order valence-electron chi connectivity index (χ1n) is 13.3. The Labute approximate surface area is 206 Å². The van der Waals surface area contributed by atoms with Gasteiger partial charge in [0.2, 0.25) is 17.7 Å². The van der Waals surface area contributed by atoms with Crippen LogP contribution >= 0.6 is 0 Å². The second-order valence-electron chi connectivity index (χ2n) is 11.3. The highest BCUT2D eigenvalue weighted by Crippen LogP contribution is 2.57. The van der Waals surface area contributed by atoms with Gasteiger partial charge in [0.05, 0.1) is 17.9 Å². The lowest BCUT2D eigenvalue weighted by molar-refractivity contribution is -0.142. The second kappa shape index (κ2) is 8.47. The third-order valence-electron chi connectivity index (χ3n) is 8.60. The predicted octanol–water partition coefficient (Wildman–Crippen LogP) is 3.51. The summed E-state index contributed by atoms with van der Waals surface area (Å²) in [5.41, 5.74) is 0.842. The van der Waals surface area contributed by atoms with Crippen molar-refractivity contribution in [3.8, 4) is 0 Å². The van der Waals surface area contributed by atoms with Crippen LogP contribution in [0.5, 0.6) is 0 Å². The zero-order valence-electron chi connectivity index (χ0n) is 20.5. The zero-order chi connectivity index (χ0) is 24.3. The molecule has 6 rings (SSSR count). The van der Waals surface area contributed by atoms with E-state index in [4.69, 9.17) is 4.74 Å². The lowest BCUT2D eigenvalue weighted by Crippen LogP contribution is -2.57. The standard InChI is InChI=1S/C28H35N3O4/c1-16(2)17-8-10-19(11-9-17)29-25(32)22-21-14-15-28(35-21)23(22)27(34)31(20-12-13-20)24(28)26(33)30-18-6-4-3-5-7-18/h8-11,14-16,18,20-24H,3-7,12-13H2,1-2H3,(H,29,32)(H,30,33)/t21-,22?,23-,24?,28?/m1/s1. The quantitative estimate of drug-likeness (QED) is 0.614. The number of ether oxygens (including phenoxy) is 1. The Kier molecular flexibility index (Phi) is 5.51. The van der Waals surface area contributed by atoms with E-state index in [2.05, 4.69) is 24.5 Å². The molecule has 0 radical (unpaired) electrons. The van der Waals surface area contributed by atoms with Crippen LogP contribution in [0.2, 0.25) is 0 Å². The van der Waals surface area contributed by atoms with E-state index in [9.17, 15) is 14.4 Å². The minimum atomic E-state index is -1.06. The number of rotatable bonds is 6. The van der Waals surface area contributed by atoms with E-state index in [0.29, 0.717) is 11.6 Å². The SMILES string of the molecule is CC(C)c1ccc(NC(=O)C2[C@H]3C=CC4(O3)C(C(=O)NC3CCCCC3)N(C3CC3)C(=O)[C@@H]24)cc1. The maximum atomic E-state index is 13.8. The molecule has 35 heavy (non-hydrogen) atoms. The number of fused-ring (bicyclic) bond motifs is 1. The smallest absolute Gasteiger partial charge is 0.246 e. The first-order chi connectivity index (χ1) is 16.9. The number of likely N-dealkylation sites (tertiary alicyclic amines) is 1. The Morgan fingerprint density at radius 1 is 1.03 bits per heavy atom. The van der Waals surface area contributed by atoms with Crippen LogP contribution in [0.3, 0.4) is 0 Å². The van der Waals surface area contributed by atoms with Crippen molar-refractivity contribution in [1.82, 2.24) is 10.2 Å². The minimum Gasteiger partial charge on any atom is -0.359 e. The maximum absolute atomic E-state index is 13.8. The van der Waals surface area contributed by atoms with Crippen molar-refractivity contribution < 1.29 is 19.1 Å². The Morgan fingerprint density at radius 3 is 2.40 bits per heavy atom. The van der Waals surface area contributed by atoms with Crippen LogP contribution in [0.1, 0.15) is 70.3 Å². The van der Waals surface area contributed by atoms with E-state index >= 15 is 0 Å². The van der Waals surface area contributed by atoms with Gasteiger partial charge in [0.15, 0.2) is 0 Å². The summed E-state index contributed by atoms with van der Waals surface area (Å²) < 4.78 is 6.41. The molecule has 1 spiro atoms. The van der Waals surface area contributed by atoms with Crippen LogP contribution < -0.4 is 10.6 Å². The fourth-order valence-electron chi connectivity index (χ4n) is 6.66. The van der Waals surface area contributed by atoms with E-state index in [1.807, 2.05) is 36.4 Å². The summed E-state index contributed by atoms with van der Waals surface area (Å²) in [6.45, 7) is 4.26. The molecule has 1 aromatic carbocycles. The molecule has 186 valence electrons. The molecule has 5 aliphatic rings. The van der Waals surface area contributed by atoms with Crippen molar-refractivity contribution in [2.24, 2.45) is 11.8 Å². The molecular formula is C28H35N3O4. The van der Waals surface area contributed by atoms with Gasteiger partial charge in [0.25, 0.3) is 0 Å². The summed E-state index contributed by atoms with van der Waals surface area (Å²) in [6.07, 6.45) is 10.5. The first-order valence-corrected chi connectivity index (χ1v) is 13.3. The van der Waals surface area contributed by atoms with Gasteiger partial charge in [-0.3, -0.25) is 14.4 Å². The molecule has 2 aliphatic carbocycles. The van der Waals surface area contributed by atoms with Crippen LogP contribution in [-0.4, -0.2) is 52.5 Å². The number of amides is 3. The third-order valence-corrected chi connectivity index (χ3v) is 8.60. The lowest BCUT2D eigenvalue weighted by atomic mass is 9.74. The molecular weight excluding hydrogens is 442 g/mol. The van der Waals surface area contributed by atoms with Gasteiger partial charge in [-0.2, -0.15) is 0 Å². The molecule has 2 N–H and O–H groups in total. The maximum Gasteiger partial charge on any atom is 0.246 e. The van der Waals surface area contributed by atoms with Crippen LogP contribution in [0.25, 0.3) is 0 Å².